The molecule has 1 nitrogen and oxygen atoms in total. The average Bonchev–Trinajstić information content (AvgIpc) is 2.86. The van der Waals surface area contributed by atoms with Crippen LogP contribution >= 0.6 is 0 Å². The Morgan fingerprint density at radius 2 is 1.93 bits per heavy atom. The van der Waals surface area contributed by atoms with Crippen molar-refractivity contribution < 1.29 is 4.74 Å². The first-order valence-electron chi connectivity index (χ1n) is 5.82. The van der Waals surface area contributed by atoms with Gasteiger partial charge in [0.15, 0.2) is 0 Å². The topological polar surface area (TPSA) is 9.23 Å². The van der Waals surface area contributed by atoms with Gasteiger partial charge in [0.25, 0.3) is 0 Å². The van der Waals surface area contributed by atoms with E-state index >= 15 is 0 Å². The maximum absolute atomic E-state index is 6.04. The highest BCUT2D eigenvalue weighted by Crippen LogP contribution is 2.57. The van der Waals surface area contributed by atoms with Gasteiger partial charge in [-0.1, -0.05) is 39.0 Å². The van der Waals surface area contributed by atoms with Crippen LogP contribution in [0.2, 0.25) is 0 Å². The van der Waals surface area contributed by atoms with Crippen LogP contribution in [-0.2, 0) is 6.42 Å². The van der Waals surface area contributed by atoms with Crippen molar-refractivity contribution in [3.8, 4) is 5.75 Å². The number of fused-ring (bicyclic) bond motifs is 2. The van der Waals surface area contributed by atoms with Gasteiger partial charge in [0.1, 0.15) is 11.9 Å². The molecule has 3 atom stereocenters. The summed E-state index contributed by atoms with van der Waals surface area (Å²) in [7, 11) is 0. The van der Waals surface area contributed by atoms with Gasteiger partial charge in [-0.25, -0.2) is 0 Å². The number of benzene rings is 1. The molecule has 2 aliphatic rings. The Morgan fingerprint density at radius 3 is 2.67 bits per heavy atom. The minimum atomic E-state index is 0.386. The molecule has 0 N–H and O–H groups in total. The molecule has 1 aliphatic carbocycles. The first-order chi connectivity index (χ1) is 7.07. The van der Waals surface area contributed by atoms with Gasteiger partial charge in [-0.2, -0.15) is 0 Å². The second kappa shape index (κ2) is 2.78. The number of rotatable bonds is 0. The summed E-state index contributed by atoms with van der Waals surface area (Å²) in [4.78, 5) is 0. The van der Waals surface area contributed by atoms with Crippen LogP contribution in [0.3, 0.4) is 0 Å². The maximum Gasteiger partial charge on any atom is 0.122 e. The molecule has 0 spiro atoms. The van der Waals surface area contributed by atoms with Crippen LogP contribution in [0.1, 0.15) is 26.3 Å². The zero-order valence-corrected chi connectivity index (χ0v) is 9.66. The molecule has 1 fully saturated rings. The first-order valence-corrected chi connectivity index (χ1v) is 5.82. The quantitative estimate of drug-likeness (QED) is 0.627. The summed E-state index contributed by atoms with van der Waals surface area (Å²) in [5.41, 5.74) is 1.78. The Kier molecular flexibility index (Phi) is 1.72. The van der Waals surface area contributed by atoms with Gasteiger partial charge in [0.2, 0.25) is 0 Å². The summed E-state index contributed by atoms with van der Waals surface area (Å²) in [6.45, 7) is 6.97. The van der Waals surface area contributed by atoms with Gasteiger partial charge in [-0.3, -0.25) is 0 Å². The van der Waals surface area contributed by atoms with E-state index in [9.17, 15) is 0 Å². The molecule has 1 heteroatoms. The maximum atomic E-state index is 6.04. The van der Waals surface area contributed by atoms with Gasteiger partial charge in [-0.15, -0.1) is 0 Å². The van der Waals surface area contributed by atoms with Gasteiger partial charge < -0.3 is 4.74 Å². The minimum Gasteiger partial charge on any atom is -0.490 e. The van der Waals surface area contributed by atoms with Crippen LogP contribution in [0.4, 0.5) is 0 Å². The zero-order valence-electron chi connectivity index (χ0n) is 9.66. The minimum absolute atomic E-state index is 0.386. The predicted molar refractivity (Wildman–Crippen MR) is 61.0 cm³/mol. The van der Waals surface area contributed by atoms with Gasteiger partial charge >= 0.3 is 0 Å². The molecule has 1 aromatic rings. The van der Waals surface area contributed by atoms with Crippen molar-refractivity contribution in [1.82, 2.24) is 0 Å². The third-order valence-electron chi connectivity index (χ3n) is 3.79. The third kappa shape index (κ3) is 1.37. The van der Waals surface area contributed by atoms with Gasteiger partial charge in [0.05, 0.1) is 0 Å². The molecule has 15 heavy (non-hydrogen) atoms. The molecule has 3 unspecified atom stereocenters. The lowest BCUT2D eigenvalue weighted by atomic mass is 9.88. The summed E-state index contributed by atoms with van der Waals surface area (Å²) in [5, 5.41) is 0. The Balaban J connectivity index is 1.86. The van der Waals surface area contributed by atoms with Gasteiger partial charge in [0, 0.05) is 11.8 Å². The average molecular weight is 202 g/mol. The summed E-state index contributed by atoms with van der Waals surface area (Å²) in [6.07, 6.45) is 1.70. The van der Waals surface area contributed by atoms with Crippen LogP contribution in [0.15, 0.2) is 24.3 Å². The Bertz CT molecular complexity index is 358. The molecule has 80 valence electrons. The monoisotopic (exact) mass is 202 g/mol. The lowest BCUT2D eigenvalue weighted by Crippen LogP contribution is -2.14. The van der Waals surface area contributed by atoms with E-state index in [0.29, 0.717) is 11.5 Å². The molecule has 0 bridgehead atoms. The Morgan fingerprint density at radius 1 is 1.20 bits per heavy atom. The van der Waals surface area contributed by atoms with Crippen molar-refractivity contribution in [1.29, 1.82) is 0 Å². The lowest BCUT2D eigenvalue weighted by Gasteiger charge is -2.17. The fourth-order valence-corrected chi connectivity index (χ4v) is 3.07. The Labute approximate surface area is 91.5 Å². The molecule has 0 amide bonds. The van der Waals surface area contributed by atoms with Crippen LogP contribution in [0.5, 0.6) is 5.75 Å². The first kappa shape index (κ1) is 9.26. The standard InChI is InChI=1S/C14H18O/c1-14(2,3)12-10-8-9-6-4-5-7-11(9)15-13(10)12/h4-7,10,12-13H,8H2,1-3H3. The molecule has 1 aliphatic heterocycles. The Hall–Kier alpha value is -0.980. The highest BCUT2D eigenvalue weighted by atomic mass is 16.5. The van der Waals surface area contributed by atoms with Crippen molar-refractivity contribution in [3.63, 3.8) is 0 Å². The lowest BCUT2D eigenvalue weighted by molar-refractivity contribution is 0.224. The summed E-state index contributed by atoms with van der Waals surface area (Å²) >= 11 is 0. The van der Waals surface area contributed by atoms with Gasteiger partial charge in [-0.05, 0) is 23.5 Å². The van der Waals surface area contributed by atoms with Crippen LogP contribution < -0.4 is 4.74 Å². The summed E-state index contributed by atoms with van der Waals surface area (Å²) in [5.74, 6) is 2.62. The van der Waals surface area contributed by atoms with Crippen molar-refractivity contribution >= 4 is 0 Å². The molecule has 0 aromatic heterocycles. The molecule has 1 aromatic carbocycles. The van der Waals surface area contributed by atoms with Crippen molar-refractivity contribution in [2.24, 2.45) is 17.3 Å². The second-order valence-corrected chi connectivity index (χ2v) is 5.95. The normalized spacial score (nSPS) is 32.6. The molecule has 1 heterocycles. The number of hydrogen-bond donors (Lipinski definition) is 0. The fraction of sp³-hybridized carbons (Fsp3) is 0.571. The number of hydrogen-bond acceptors (Lipinski definition) is 1. The second-order valence-electron chi connectivity index (χ2n) is 5.95. The van der Waals surface area contributed by atoms with E-state index in [-0.39, 0.29) is 0 Å². The molecule has 3 rings (SSSR count). The van der Waals surface area contributed by atoms with Crippen molar-refractivity contribution in [2.75, 3.05) is 0 Å². The summed E-state index contributed by atoms with van der Waals surface area (Å²) in [6, 6.07) is 8.47. The van der Waals surface area contributed by atoms with E-state index in [2.05, 4.69) is 45.0 Å². The van der Waals surface area contributed by atoms with Crippen molar-refractivity contribution in [2.45, 2.75) is 33.3 Å². The zero-order chi connectivity index (χ0) is 10.6. The molecular formula is C14H18O. The highest BCUT2D eigenvalue weighted by molar-refractivity contribution is 5.38. The smallest absolute Gasteiger partial charge is 0.122 e. The van der Waals surface area contributed by atoms with Crippen molar-refractivity contribution in [3.05, 3.63) is 29.8 Å². The van der Waals surface area contributed by atoms with Crippen LogP contribution in [0.25, 0.3) is 0 Å². The SMILES string of the molecule is CC(C)(C)C1C2Cc3ccccc3OC21. The van der Waals surface area contributed by atoms with E-state index in [1.165, 1.54) is 12.0 Å². The van der Waals surface area contributed by atoms with E-state index in [4.69, 9.17) is 4.74 Å². The van der Waals surface area contributed by atoms with E-state index in [1.807, 2.05) is 0 Å². The fourth-order valence-electron chi connectivity index (χ4n) is 3.07. The van der Waals surface area contributed by atoms with E-state index in [1.54, 1.807) is 0 Å². The van der Waals surface area contributed by atoms with Crippen LogP contribution in [0, 0.1) is 17.3 Å². The third-order valence-corrected chi connectivity index (χ3v) is 3.79. The van der Waals surface area contributed by atoms with E-state index in [0.717, 1.165) is 17.6 Å². The molecule has 0 saturated heterocycles. The summed E-state index contributed by atoms with van der Waals surface area (Å²) < 4.78 is 6.04. The van der Waals surface area contributed by atoms with E-state index < -0.39 is 0 Å². The molecular weight excluding hydrogens is 184 g/mol. The highest BCUT2D eigenvalue weighted by Gasteiger charge is 2.59. The molecule has 1 saturated carbocycles. The number of para-hydroxylation sites is 1. The predicted octanol–water partition coefficient (Wildman–Crippen LogP) is 3.28. The van der Waals surface area contributed by atoms with Crippen LogP contribution in [-0.4, -0.2) is 6.10 Å². The number of ether oxygens (including phenoxy) is 1. The molecule has 0 radical (unpaired) electrons. The largest absolute Gasteiger partial charge is 0.490 e.